The molecule has 35 heavy (non-hydrogen) atoms. The molecule has 2 aromatic heterocycles. The Kier molecular flexibility index (Phi) is 6.20. The van der Waals surface area contributed by atoms with Crippen LogP contribution in [0.5, 0.6) is 5.75 Å². The van der Waals surface area contributed by atoms with Crippen LogP contribution in [0, 0.1) is 4.77 Å². The van der Waals surface area contributed by atoms with Gasteiger partial charge in [0.2, 0.25) is 0 Å². The fraction of sp³-hybridized carbons (Fsp3) is 0.148. The van der Waals surface area contributed by atoms with E-state index in [-0.39, 0.29) is 11.5 Å². The van der Waals surface area contributed by atoms with Crippen molar-refractivity contribution in [3.05, 3.63) is 105 Å². The number of amides is 1. The van der Waals surface area contributed by atoms with Crippen LogP contribution in [0.1, 0.15) is 21.5 Å². The number of fused-ring (bicyclic) bond motifs is 3. The number of carbonyl (C=O) groups is 1. The smallest absolute Gasteiger partial charge is 0.278 e. The van der Waals surface area contributed by atoms with Crippen molar-refractivity contribution in [1.82, 2.24) is 19.9 Å². The molecule has 0 aliphatic heterocycles. The molecule has 0 aliphatic rings. The average molecular weight is 485 g/mol. The van der Waals surface area contributed by atoms with Crippen LogP contribution in [0.15, 0.2) is 77.6 Å². The van der Waals surface area contributed by atoms with Crippen molar-refractivity contribution in [3.63, 3.8) is 0 Å². The molecule has 0 aliphatic carbocycles. The first-order valence-corrected chi connectivity index (χ1v) is 11.7. The van der Waals surface area contributed by atoms with E-state index in [4.69, 9.17) is 17.0 Å². The van der Waals surface area contributed by atoms with Crippen LogP contribution in [0.25, 0.3) is 21.9 Å². The first kappa shape index (κ1) is 22.6. The minimum absolute atomic E-state index is 0.128. The molecule has 0 saturated heterocycles. The predicted octanol–water partition coefficient (Wildman–Crippen LogP) is 4.57. The molecule has 5 rings (SSSR count). The van der Waals surface area contributed by atoms with Crippen LogP contribution in [0.2, 0.25) is 0 Å². The monoisotopic (exact) mass is 484 g/mol. The summed E-state index contributed by atoms with van der Waals surface area (Å²) < 4.78 is 7.15. The van der Waals surface area contributed by atoms with Gasteiger partial charge < -0.3 is 20.0 Å². The van der Waals surface area contributed by atoms with E-state index in [0.29, 0.717) is 40.2 Å². The number of methoxy groups -OCH3 is 1. The van der Waals surface area contributed by atoms with Crippen LogP contribution in [-0.4, -0.2) is 34.1 Å². The summed E-state index contributed by atoms with van der Waals surface area (Å²) in [6, 6.07) is 22.8. The average Bonchev–Trinajstić information content (AvgIpc) is 3.25. The SMILES string of the molecule is COc1ccc2[nH]c3c(=O)n(Cc4ccc(C(=O)NCCc5ccccc5)cc4)c(=S)[nH]c3c2c1. The second kappa shape index (κ2) is 9.60. The molecule has 3 aromatic carbocycles. The van der Waals surface area contributed by atoms with Crippen molar-refractivity contribution in [2.24, 2.45) is 0 Å². The van der Waals surface area contributed by atoms with Crippen LogP contribution >= 0.6 is 12.2 Å². The Bertz CT molecular complexity index is 1630. The van der Waals surface area contributed by atoms with E-state index < -0.39 is 0 Å². The van der Waals surface area contributed by atoms with Gasteiger partial charge in [0.1, 0.15) is 11.3 Å². The fourth-order valence-electron chi connectivity index (χ4n) is 4.14. The summed E-state index contributed by atoms with van der Waals surface area (Å²) in [5.74, 6) is 0.572. The topological polar surface area (TPSA) is 91.9 Å². The lowest BCUT2D eigenvalue weighted by molar-refractivity contribution is 0.0954. The van der Waals surface area contributed by atoms with Crippen LogP contribution in [-0.2, 0) is 13.0 Å². The van der Waals surface area contributed by atoms with Gasteiger partial charge in [-0.05, 0) is 60.1 Å². The number of rotatable bonds is 7. The lowest BCUT2D eigenvalue weighted by Crippen LogP contribution is -2.25. The van der Waals surface area contributed by atoms with Gasteiger partial charge in [-0.3, -0.25) is 14.2 Å². The standard InChI is InChI=1S/C27H24N4O3S/c1-34-20-11-12-22-21(15-20)23-24(29-22)26(33)31(27(35)30-23)16-18-7-9-19(10-8-18)25(32)28-14-13-17-5-3-2-4-6-17/h2-12,15,29H,13-14,16H2,1H3,(H,28,32)(H,30,35). The molecule has 0 bridgehead atoms. The minimum Gasteiger partial charge on any atom is -0.497 e. The van der Waals surface area contributed by atoms with E-state index in [2.05, 4.69) is 15.3 Å². The van der Waals surface area contributed by atoms with Gasteiger partial charge >= 0.3 is 0 Å². The van der Waals surface area contributed by atoms with E-state index in [1.54, 1.807) is 19.2 Å². The third-order valence-corrected chi connectivity index (χ3v) is 6.36. The zero-order chi connectivity index (χ0) is 24.4. The van der Waals surface area contributed by atoms with Gasteiger partial charge in [-0.1, -0.05) is 42.5 Å². The van der Waals surface area contributed by atoms with E-state index in [0.717, 1.165) is 22.9 Å². The van der Waals surface area contributed by atoms with Gasteiger partial charge in [-0.25, -0.2) is 0 Å². The second-order valence-electron chi connectivity index (χ2n) is 8.30. The summed E-state index contributed by atoms with van der Waals surface area (Å²) in [5.41, 5.74) is 4.34. The quantitative estimate of drug-likeness (QED) is 0.295. The van der Waals surface area contributed by atoms with Crippen molar-refractivity contribution in [1.29, 1.82) is 0 Å². The molecular formula is C27H24N4O3S. The third-order valence-electron chi connectivity index (χ3n) is 6.04. The van der Waals surface area contributed by atoms with Crippen molar-refractivity contribution < 1.29 is 9.53 Å². The Morgan fingerprint density at radius 2 is 1.74 bits per heavy atom. The molecule has 0 saturated carbocycles. The lowest BCUT2D eigenvalue weighted by atomic mass is 10.1. The Morgan fingerprint density at radius 3 is 2.49 bits per heavy atom. The van der Waals surface area contributed by atoms with Crippen LogP contribution < -0.4 is 15.6 Å². The molecule has 1 amide bonds. The van der Waals surface area contributed by atoms with Crippen molar-refractivity contribution in [2.45, 2.75) is 13.0 Å². The number of nitrogens with zero attached hydrogens (tertiary/aromatic N) is 1. The summed E-state index contributed by atoms with van der Waals surface area (Å²) in [4.78, 5) is 32.1. The van der Waals surface area contributed by atoms with Gasteiger partial charge in [-0.15, -0.1) is 0 Å². The minimum atomic E-state index is -0.207. The molecule has 0 fully saturated rings. The van der Waals surface area contributed by atoms with E-state index in [1.165, 1.54) is 10.1 Å². The zero-order valence-electron chi connectivity index (χ0n) is 19.1. The molecule has 176 valence electrons. The molecule has 0 radical (unpaired) electrons. The summed E-state index contributed by atoms with van der Waals surface area (Å²) in [6.45, 7) is 0.851. The predicted molar refractivity (Wildman–Crippen MR) is 140 cm³/mol. The van der Waals surface area contributed by atoms with Gasteiger partial charge in [0.25, 0.3) is 11.5 Å². The Balaban J connectivity index is 1.33. The molecule has 8 heteroatoms. The number of carbonyl (C=O) groups excluding carboxylic acids is 1. The largest absolute Gasteiger partial charge is 0.497 e. The Labute approximate surface area is 206 Å². The maximum absolute atomic E-state index is 13.2. The maximum atomic E-state index is 13.2. The molecule has 0 unspecified atom stereocenters. The highest BCUT2D eigenvalue weighted by molar-refractivity contribution is 7.71. The normalized spacial score (nSPS) is 11.1. The number of hydrogen-bond donors (Lipinski definition) is 3. The molecule has 3 N–H and O–H groups in total. The molecular weight excluding hydrogens is 460 g/mol. The number of nitrogens with one attached hydrogen (secondary N) is 3. The zero-order valence-corrected chi connectivity index (χ0v) is 19.9. The summed E-state index contributed by atoms with van der Waals surface area (Å²) in [5, 5.41) is 3.79. The second-order valence-corrected chi connectivity index (χ2v) is 8.68. The lowest BCUT2D eigenvalue weighted by Gasteiger charge is -2.09. The van der Waals surface area contributed by atoms with Crippen molar-refractivity contribution >= 4 is 40.1 Å². The highest BCUT2D eigenvalue weighted by Crippen LogP contribution is 2.26. The van der Waals surface area contributed by atoms with Crippen LogP contribution in [0.3, 0.4) is 0 Å². The van der Waals surface area contributed by atoms with Gasteiger partial charge in [0, 0.05) is 23.0 Å². The van der Waals surface area contributed by atoms with Crippen molar-refractivity contribution in [2.75, 3.05) is 13.7 Å². The molecule has 5 aromatic rings. The fourth-order valence-corrected chi connectivity index (χ4v) is 4.39. The van der Waals surface area contributed by atoms with E-state index >= 15 is 0 Å². The van der Waals surface area contributed by atoms with Crippen LogP contribution in [0.4, 0.5) is 0 Å². The highest BCUT2D eigenvalue weighted by Gasteiger charge is 2.13. The number of aromatic amines is 2. The molecule has 7 nitrogen and oxygen atoms in total. The maximum Gasteiger partial charge on any atom is 0.278 e. The molecule has 0 spiro atoms. The highest BCUT2D eigenvalue weighted by atomic mass is 32.1. The first-order chi connectivity index (χ1) is 17.0. The van der Waals surface area contributed by atoms with Gasteiger partial charge in [0.05, 0.1) is 19.2 Å². The van der Waals surface area contributed by atoms with Gasteiger partial charge in [0.15, 0.2) is 4.77 Å². The Hall–Kier alpha value is -4.17. The summed E-state index contributed by atoms with van der Waals surface area (Å²) in [7, 11) is 1.60. The molecule has 0 atom stereocenters. The Morgan fingerprint density at radius 1 is 0.971 bits per heavy atom. The number of aromatic nitrogens is 3. The summed E-state index contributed by atoms with van der Waals surface area (Å²) >= 11 is 5.51. The van der Waals surface area contributed by atoms with E-state index in [9.17, 15) is 9.59 Å². The number of benzene rings is 3. The van der Waals surface area contributed by atoms with Gasteiger partial charge in [-0.2, -0.15) is 0 Å². The molecule has 2 heterocycles. The van der Waals surface area contributed by atoms with Crippen molar-refractivity contribution in [3.8, 4) is 5.75 Å². The first-order valence-electron chi connectivity index (χ1n) is 11.3. The van der Waals surface area contributed by atoms with E-state index in [1.807, 2.05) is 60.7 Å². The number of H-pyrrole nitrogens is 2. The number of hydrogen-bond acceptors (Lipinski definition) is 4. The third kappa shape index (κ3) is 4.61. The summed E-state index contributed by atoms with van der Waals surface area (Å²) in [6.07, 6.45) is 0.773. The number of ether oxygens (including phenoxy) is 1.